The van der Waals surface area contributed by atoms with Crippen LogP contribution in [-0.4, -0.2) is 5.78 Å². The zero-order valence-corrected chi connectivity index (χ0v) is 8.90. The molecule has 13 heavy (non-hydrogen) atoms. The zero-order valence-electron chi connectivity index (χ0n) is 7.31. The van der Waals surface area contributed by atoms with Gasteiger partial charge in [-0.2, -0.15) is 0 Å². The summed E-state index contributed by atoms with van der Waals surface area (Å²) in [5.74, 6) is -0.595. The predicted molar refractivity (Wildman–Crippen MR) is 53.3 cm³/mol. The normalized spacial score (nSPS) is 10.1. The molecule has 0 N–H and O–H groups in total. The summed E-state index contributed by atoms with van der Waals surface area (Å²) in [4.78, 5) is 11.4. The van der Waals surface area contributed by atoms with Crippen molar-refractivity contribution in [2.45, 2.75) is 19.8 Å². The van der Waals surface area contributed by atoms with Crippen LogP contribution in [0.15, 0.2) is 22.7 Å². The molecule has 0 saturated heterocycles. The minimum atomic E-state index is -0.457. The summed E-state index contributed by atoms with van der Waals surface area (Å²) in [5, 5.41) is 0. The second kappa shape index (κ2) is 4.51. The van der Waals surface area contributed by atoms with Gasteiger partial charge in [0.2, 0.25) is 0 Å². The van der Waals surface area contributed by atoms with E-state index < -0.39 is 5.82 Å². The van der Waals surface area contributed by atoms with E-state index in [0.717, 1.165) is 6.42 Å². The van der Waals surface area contributed by atoms with Gasteiger partial charge in [0.05, 0.1) is 10.0 Å². The van der Waals surface area contributed by atoms with Gasteiger partial charge in [0.15, 0.2) is 5.78 Å². The van der Waals surface area contributed by atoms with Crippen molar-refractivity contribution in [1.82, 2.24) is 0 Å². The number of hydrogen-bond donors (Lipinski definition) is 0. The third kappa shape index (κ3) is 2.37. The predicted octanol–water partition coefficient (Wildman–Crippen LogP) is 3.57. The minimum Gasteiger partial charge on any atom is -0.294 e. The molecule has 1 rings (SSSR count). The van der Waals surface area contributed by atoms with Crippen LogP contribution < -0.4 is 0 Å². The van der Waals surface area contributed by atoms with Crippen molar-refractivity contribution >= 4 is 21.7 Å². The van der Waals surface area contributed by atoms with Gasteiger partial charge in [0.1, 0.15) is 5.82 Å². The van der Waals surface area contributed by atoms with Crippen molar-refractivity contribution in [3.8, 4) is 0 Å². The van der Waals surface area contributed by atoms with Crippen molar-refractivity contribution in [2.24, 2.45) is 0 Å². The van der Waals surface area contributed by atoms with Crippen molar-refractivity contribution in [3.05, 3.63) is 34.1 Å². The summed E-state index contributed by atoms with van der Waals surface area (Å²) in [7, 11) is 0. The highest BCUT2D eigenvalue weighted by atomic mass is 79.9. The van der Waals surface area contributed by atoms with Crippen LogP contribution in [0.3, 0.4) is 0 Å². The van der Waals surface area contributed by atoms with Crippen molar-refractivity contribution < 1.29 is 9.18 Å². The highest BCUT2D eigenvalue weighted by molar-refractivity contribution is 9.10. The molecule has 0 saturated carbocycles. The van der Waals surface area contributed by atoms with E-state index in [4.69, 9.17) is 0 Å². The highest BCUT2D eigenvalue weighted by Crippen LogP contribution is 2.19. The molecule has 0 fully saturated rings. The van der Waals surface area contributed by atoms with Gasteiger partial charge in [-0.1, -0.05) is 13.0 Å². The maximum absolute atomic E-state index is 13.3. The Morgan fingerprint density at radius 1 is 1.54 bits per heavy atom. The van der Waals surface area contributed by atoms with Gasteiger partial charge in [-0.15, -0.1) is 0 Å². The molecule has 1 aromatic carbocycles. The largest absolute Gasteiger partial charge is 0.294 e. The van der Waals surface area contributed by atoms with Gasteiger partial charge < -0.3 is 0 Å². The van der Waals surface area contributed by atoms with Gasteiger partial charge in [0.25, 0.3) is 0 Å². The highest BCUT2D eigenvalue weighted by Gasteiger charge is 2.12. The Morgan fingerprint density at radius 3 is 2.85 bits per heavy atom. The quantitative estimate of drug-likeness (QED) is 0.744. The molecule has 0 aliphatic heterocycles. The Bertz CT molecular complexity index is 323. The standard InChI is InChI=1S/C10H10BrFO/c1-2-4-9(13)7-5-3-6-8(11)10(7)12/h3,5-6H,2,4H2,1H3. The molecule has 0 bridgehead atoms. The first kappa shape index (κ1) is 10.4. The lowest BCUT2D eigenvalue weighted by Gasteiger charge is -2.01. The minimum absolute atomic E-state index is 0.138. The summed E-state index contributed by atoms with van der Waals surface area (Å²) < 4.78 is 13.6. The molecular formula is C10H10BrFO. The number of carbonyl (C=O) groups excluding carboxylic acids is 1. The first-order valence-electron chi connectivity index (χ1n) is 4.14. The van der Waals surface area contributed by atoms with E-state index in [-0.39, 0.29) is 11.3 Å². The average Bonchev–Trinajstić information content (AvgIpc) is 2.10. The topological polar surface area (TPSA) is 17.1 Å². The summed E-state index contributed by atoms with van der Waals surface area (Å²) >= 11 is 3.04. The van der Waals surface area contributed by atoms with Crippen LogP contribution >= 0.6 is 15.9 Å². The fourth-order valence-corrected chi connectivity index (χ4v) is 1.45. The van der Waals surface area contributed by atoms with Crippen LogP contribution in [0.1, 0.15) is 30.1 Å². The van der Waals surface area contributed by atoms with Gasteiger partial charge in [-0.25, -0.2) is 4.39 Å². The molecule has 0 unspecified atom stereocenters. The Labute approximate surface area is 85.1 Å². The van der Waals surface area contributed by atoms with E-state index >= 15 is 0 Å². The van der Waals surface area contributed by atoms with E-state index in [2.05, 4.69) is 15.9 Å². The second-order valence-electron chi connectivity index (χ2n) is 2.77. The van der Waals surface area contributed by atoms with Crippen LogP contribution in [0.5, 0.6) is 0 Å². The van der Waals surface area contributed by atoms with Crippen molar-refractivity contribution in [2.75, 3.05) is 0 Å². The molecule has 0 aliphatic rings. The monoisotopic (exact) mass is 244 g/mol. The van der Waals surface area contributed by atoms with Crippen molar-refractivity contribution in [1.29, 1.82) is 0 Å². The van der Waals surface area contributed by atoms with Crippen molar-refractivity contribution in [3.63, 3.8) is 0 Å². The number of halogens is 2. The van der Waals surface area contributed by atoms with E-state index in [0.29, 0.717) is 10.9 Å². The molecule has 0 atom stereocenters. The van der Waals surface area contributed by atoms with E-state index in [9.17, 15) is 9.18 Å². The average molecular weight is 245 g/mol. The molecule has 0 aliphatic carbocycles. The fourth-order valence-electron chi connectivity index (χ4n) is 1.08. The number of carbonyl (C=O) groups is 1. The number of benzene rings is 1. The SMILES string of the molecule is CCCC(=O)c1cccc(Br)c1F. The molecule has 0 heterocycles. The van der Waals surface area contributed by atoms with E-state index in [1.54, 1.807) is 12.1 Å². The van der Waals surface area contributed by atoms with Crippen LogP contribution in [0.25, 0.3) is 0 Å². The number of ketones is 1. The third-order valence-corrected chi connectivity index (χ3v) is 2.34. The summed E-state index contributed by atoms with van der Waals surface area (Å²) in [6.07, 6.45) is 1.14. The number of rotatable bonds is 3. The Balaban J connectivity index is 3.01. The van der Waals surface area contributed by atoms with Gasteiger partial charge in [0, 0.05) is 6.42 Å². The second-order valence-corrected chi connectivity index (χ2v) is 3.63. The maximum atomic E-state index is 13.3. The van der Waals surface area contributed by atoms with Gasteiger partial charge in [-0.3, -0.25) is 4.79 Å². The molecule has 0 radical (unpaired) electrons. The third-order valence-electron chi connectivity index (χ3n) is 1.73. The molecular weight excluding hydrogens is 235 g/mol. The lowest BCUT2D eigenvalue weighted by atomic mass is 10.1. The number of hydrogen-bond acceptors (Lipinski definition) is 1. The van der Waals surface area contributed by atoms with Crippen LogP contribution in [0.2, 0.25) is 0 Å². The summed E-state index contributed by atoms with van der Waals surface area (Å²) in [5.41, 5.74) is 0.177. The Morgan fingerprint density at radius 2 is 2.23 bits per heavy atom. The Kier molecular flexibility index (Phi) is 3.60. The Hall–Kier alpha value is -0.700. The van der Waals surface area contributed by atoms with Gasteiger partial charge >= 0.3 is 0 Å². The van der Waals surface area contributed by atoms with Crippen LogP contribution in [0, 0.1) is 5.82 Å². The van der Waals surface area contributed by atoms with E-state index in [1.807, 2.05) is 6.92 Å². The molecule has 70 valence electrons. The zero-order chi connectivity index (χ0) is 9.84. The lowest BCUT2D eigenvalue weighted by molar-refractivity contribution is 0.0977. The molecule has 3 heteroatoms. The first-order chi connectivity index (χ1) is 6.16. The molecule has 0 spiro atoms. The molecule has 1 aromatic rings. The van der Waals surface area contributed by atoms with Gasteiger partial charge in [-0.05, 0) is 34.5 Å². The molecule has 0 amide bonds. The first-order valence-corrected chi connectivity index (χ1v) is 4.93. The summed E-state index contributed by atoms with van der Waals surface area (Å²) in [6, 6.07) is 4.76. The lowest BCUT2D eigenvalue weighted by Crippen LogP contribution is -2.01. The van der Waals surface area contributed by atoms with Crippen LogP contribution in [0.4, 0.5) is 4.39 Å². The summed E-state index contributed by atoms with van der Waals surface area (Å²) in [6.45, 7) is 1.90. The van der Waals surface area contributed by atoms with Crippen LogP contribution in [-0.2, 0) is 0 Å². The number of Topliss-reactive ketones (excluding diaryl/α,β-unsaturated/α-hetero) is 1. The molecule has 0 aromatic heterocycles. The fraction of sp³-hybridized carbons (Fsp3) is 0.300. The molecule has 1 nitrogen and oxygen atoms in total. The maximum Gasteiger partial charge on any atom is 0.165 e. The van der Waals surface area contributed by atoms with E-state index in [1.165, 1.54) is 6.07 Å². The smallest absolute Gasteiger partial charge is 0.165 e.